The van der Waals surface area contributed by atoms with E-state index in [9.17, 15) is 0 Å². The second kappa shape index (κ2) is 6.67. The molecule has 0 saturated carbocycles. The summed E-state index contributed by atoms with van der Waals surface area (Å²) >= 11 is 6.85. The molecule has 0 bridgehead atoms. The van der Waals surface area contributed by atoms with Gasteiger partial charge in [0.25, 0.3) is 0 Å². The van der Waals surface area contributed by atoms with E-state index in [1.54, 1.807) is 0 Å². The molecule has 0 aliphatic carbocycles. The third-order valence-electron chi connectivity index (χ3n) is 1.33. The molecule has 0 aliphatic rings. The Balaban J connectivity index is 0.000000561. The molecule has 0 radical (unpaired) electrons. The van der Waals surface area contributed by atoms with Crippen LogP contribution in [-0.2, 0) is 6.42 Å². The summed E-state index contributed by atoms with van der Waals surface area (Å²) in [5, 5.41) is 0. The number of hydrogen-bond acceptors (Lipinski definition) is 0. The quantitative estimate of drug-likeness (QED) is 0.698. The van der Waals surface area contributed by atoms with Crippen LogP contribution in [0.1, 0.15) is 26.3 Å². The van der Waals surface area contributed by atoms with Gasteiger partial charge in [0.05, 0.1) is 0 Å². The average molecular weight is 294 g/mol. The molecule has 0 heterocycles. The lowest BCUT2D eigenvalue weighted by atomic mass is 10.2. The smallest absolute Gasteiger partial charge is 0.0189 e. The Kier molecular flexibility index (Phi) is 6.77. The van der Waals surface area contributed by atoms with Gasteiger partial charge in [0.1, 0.15) is 0 Å². The maximum Gasteiger partial charge on any atom is 0.0189 e. The predicted octanol–water partition coefficient (Wildman–Crippen LogP) is 4.80. The Morgan fingerprint density at radius 3 is 1.75 bits per heavy atom. The highest BCUT2D eigenvalue weighted by molar-refractivity contribution is 9.11. The summed E-state index contributed by atoms with van der Waals surface area (Å²) in [5.74, 6) is 0. The van der Waals surface area contributed by atoms with E-state index in [4.69, 9.17) is 0 Å². The standard InChI is InChI=1S/C8H8Br2.C2H6/c1-2-6-3-7(9)5-8(10)4-6;1-2/h3-5H,2H2,1H3;1-2H3. The van der Waals surface area contributed by atoms with E-state index in [1.807, 2.05) is 19.9 Å². The molecule has 0 aliphatic heterocycles. The molecule has 0 spiro atoms. The maximum atomic E-state index is 3.42. The molecule has 2 heteroatoms. The second-order valence-electron chi connectivity index (χ2n) is 2.13. The first-order valence-electron chi connectivity index (χ1n) is 4.17. The Bertz CT molecular complexity index is 211. The van der Waals surface area contributed by atoms with E-state index in [0.717, 1.165) is 15.4 Å². The molecule has 0 amide bonds. The Morgan fingerprint density at radius 2 is 1.42 bits per heavy atom. The van der Waals surface area contributed by atoms with Crippen LogP contribution in [-0.4, -0.2) is 0 Å². The van der Waals surface area contributed by atoms with Crippen LogP contribution in [0.3, 0.4) is 0 Å². The van der Waals surface area contributed by atoms with Gasteiger partial charge in [0, 0.05) is 8.95 Å². The van der Waals surface area contributed by atoms with Crippen molar-refractivity contribution < 1.29 is 0 Å². The average Bonchev–Trinajstić information content (AvgIpc) is 2.06. The Hall–Kier alpha value is 0.180. The van der Waals surface area contributed by atoms with Crippen LogP contribution in [0.25, 0.3) is 0 Å². The second-order valence-corrected chi connectivity index (χ2v) is 3.96. The van der Waals surface area contributed by atoms with Crippen molar-refractivity contribution in [1.29, 1.82) is 0 Å². The monoisotopic (exact) mass is 292 g/mol. The van der Waals surface area contributed by atoms with Crippen LogP contribution in [0.5, 0.6) is 0 Å². The molecule has 1 aromatic rings. The van der Waals surface area contributed by atoms with Crippen molar-refractivity contribution >= 4 is 31.9 Å². The number of benzene rings is 1. The first-order chi connectivity index (χ1) is 5.72. The van der Waals surface area contributed by atoms with E-state index in [2.05, 4.69) is 50.9 Å². The Morgan fingerprint density at radius 1 is 1.00 bits per heavy atom. The van der Waals surface area contributed by atoms with Gasteiger partial charge in [-0.1, -0.05) is 52.6 Å². The molecule has 0 saturated heterocycles. The predicted molar refractivity (Wildman–Crippen MR) is 62.6 cm³/mol. The van der Waals surface area contributed by atoms with Crippen molar-refractivity contribution in [2.24, 2.45) is 0 Å². The minimum Gasteiger partial charge on any atom is -0.0683 e. The minimum absolute atomic E-state index is 1.08. The van der Waals surface area contributed by atoms with Crippen LogP contribution >= 0.6 is 31.9 Å². The third-order valence-corrected chi connectivity index (χ3v) is 2.25. The highest BCUT2D eigenvalue weighted by Gasteiger charge is 1.93. The SMILES string of the molecule is CC.CCc1cc(Br)cc(Br)c1. The maximum absolute atomic E-state index is 3.42. The molecule has 12 heavy (non-hydrogen) atoms. The van der Waals surface area contributed by atoms with E-state index < -0.39 is 0 Å². The molecular weight excluding hydrogens is 280 g/mol. The van der Waals surface area contributed by atoms with Crippen LogP contribution in [0.4, 0.5) is 0 Å². The van der Waals surface area contributed by atoms with E-state index in [1.165, 1.54) is 5.56 Å². The van der Waals surface area contributed by atoms with Crippen molar-refractivity contribution in [3.8, 4) is 0 Å². The molecular formula is C10H14Br2. The number of halogens is 2. The zero-order chi connectivity index (χ0) is 9.56. The largest absolute Gasteiger partial charge is 0.0683 e. The normalized spacial score (nSPS) is 8.75. The lowest BCUT2D eigenvalue weighted by Gasteiger charge is -1.97. The summed E-state index contributed by atoms with van der Waals surface area (Å²) in [6.45, 7) is 6.15. The lowest BCUT2D eigenvalue weighted by molar-refractivity contribution is 1.13. The first kappa shape index (κ1) is 12.2. The lowest BCUT2D eigenvalue weighted by Crippen LogP contribution is -1.78. The van der Waals surface area contributed by atoms with Gasteiger partial charge >= 0.3 is 0 Å². The van der Waals surface area contributed by atoms with Gasteiger partial charge in [0.15, 0.2) is 0 Å². The van der Waals surface area contributed by atoms with Crippen LogP contribution in [0.15, 0.2) is 27.1 Å². The zero-order valence-corrected chi connectivity index (χ0v) is 10.9. The highest BCUT2D eigenvalue weighted by Crippen LogP contribution is 2.19. The van der Waals surface area contributed by atoms with Gasteiger partial charge in [0.2, 0.25) is 0 Å². The summed E-state index contributed by atoms with van der Waals surface area (Å²) in [4.78, 5) is 0. The van der Waals surface area contributed by atoms with Crippen molar-refractivity contribution in [1.82, 2.24) is 0 Å². The fraction of sp³-hybridized carbons (Fsp3) is 0.400. The van der Waals surface area contributed by atoms with Gasteiger partial charge in [-0.2, -0.15) is 0 Å². The van der Waals surface area contributed by atoms with Gasteiger partial charge in [-0.05, 0) is 30.2 Å². The summed E-state index contributed by atoms with van der Waals surface area (Å²) < 4.78 is 2.28. The molecule has 0 unspecified atom stereocenters. The van der Waals surface area contributed by atoms with Gasteiger partial charge in [-0.15, -0.1) is 0 Å². The van der Waals surface area contributed by atoms with Crippen molar-refractivity contribution in [3.63, 3.8) is 0 Å². The van der Waals surface area contributed by atoms with Gasteiger partial charge in [-0.3, -0.25) is 0 Å². The zero-order valence-electron chi connectivity index (χ0n) is 7.70. The van der Waals surface area contributed by atoms with Gasteiger partial charge < -0.3 is 0 Å². The Labute approximate surface area is 91.6 Å². The molecule has 1 rings (SSSR count). The number of rotatable bonds is 1. The van der Waals surface area contributed by atoms with Crippen LogP contribution in [0.2, 0.25) is 0 Å². The third kappa shape index (κ3) is 4.27. The number of aryl methyl sites for hydroxylation is 1. The molecule has 68 valence electrons. The van der Waals surface area contributed by atoms with Crippen LogP contribution < -0.4 is 0 Å². The number of hydrogen-bond donors (Lipinski definition) is 0. The first-order valence-corrected chi connectivity index (χ1v) is 5.76. The van der Waals surface area contributed by atoms with Crippen molar-refractivity contribution in [2.45, 2.75) is 27.2 Å². The summed E-state index contributed by atoms with van der Waals surface area (Å²) in [7, 11) is 0. The highest BCUT2D eigenvalue weighted by atomic mass is 79.9. The molecule has 0 N–H and O–H groups in total. The molecule has 0 aromatic heterocycles. The van der Waals surface area contributed by atoms with E-state index in [0.29, 0.717) is 0 Å². The summed E-state index contributed by atoms with van der Waals surface area (Å²) in [5.41, 5.74) is 1.35. The topological polar surface area (TPSA) is 0 Å². The van der Waals surface area contributed by atoms with Crippen molar-refractivity contribution in [3.05, 3.63) is 32.7 Å². The van der Waals surface area contributed by atoms with Crippen LogP contribution in [0, 0.1) is 0 Å². The minimum atomic E-state index is 1.08. The molecule has 1 aromatic carbocycles. The summed E-state index contributed by atoms with van der Waals surface area (Å²) in [6.07, 6.45) is 1.08. The van der Waals surface area contributed by atoms with E-state index in [-0.39, 0.29) is 0 Å². The molecule has 0 atom stereocenters. The summed E-state index contributed by atoms with van der Waals surface area (Å²) in [6, 6.07) is 6.30. The molecule has 0 nitrogen and oxygen atoms in total. The van der Waals surface area contributed by atoms with Gasteiger partial charge in [-0.25, -0.2) is 0 Å². The van der Waals surface area contributed by atoms with E-state index >= 15 is 0 Å². The fourth-order valence-electron chi connectivity index (χ4n) is 0.815. The fourth-order valence-corrected chi connectivity index (χ4v) is 2.20. The van der Waals surface area contributed by atoms with Crippen molar-refractivity contribution in [2.75, 3.05) is 0 Å². The molecule has 0 fully saturated rings.